The molecule has 0 saturated heterocycles. The Morgan fingerprint density at radius 3 is 2.64 bits per heavy atom. The largest absolute Gasteiger partial charge is 0.397 e. The first-order chi connectivity index (χ1) is 6.67. The van der Waals surface area contributed by atoms with E-state index in [4.69, 9.17) is 15.9 Å². The molecule has 5 nitrogen and oxygen atoms in total. The number of hydrogen-bond acceptors (Lipinski definition) is 5. The lowest BCUT2D eigenvalue weighted by molar-refractivity contribution is 0.203. The van der Waals surface area contributed by atoms with Crippen LogP contribution in [0.2, 0.25) is 0 Å². The van der Waals surface area contributed by atoms with Gasteiger partial charge in [-0.05, 0) is 22.0 Å². The van der Waals surface area contributed by atoms with Crippen molar-refractivity contribution in [3.8, 4) is 0 Å². The van der Waals surface area contributed by atoms with Crippen molar-refractivity contribution in [3.05, 3.63) is 16.7 Å². The first-order valence-corrected chi connectivity index (χ1v) is 4.86. The highest BCUT2D eigenvalue weighted by atomic mass is 79.9. The highest BCUT2D eigenvalue weighted by Crippen LogP contribution is 2.22. The molecule has 0 fully saturated rings. The SMILES string of the molecule is Nc1cnc(NC(CO)CO)c(Br)c1. The van der Waals surface area contributed by atoms with E-state index in [0.717, 1.165) is 0 Å². The molecule has 5 N–H and O–H groups in total. The van der Waals surface area contributed by atoms with Crippen LogP contribution >= 0.6 is 15.9 Å². The van der Waals surface area contributed by atoms with Gasteiger partial charge in [-0.3, -0.25) is 0 Å². The number of rotatable bonds is 4. The van der Waals surface area contributed by atoms with Gasteiger partial charge in [0.25, 0.3) is 0 Å². The van der Waals surface area contributed by atoms with Crippen molar-refractivity contribution in [2.45, 2.75) is 6.04 Å². The maximum Gasteiger partial charge on any atom is 0.140 e. The molecule has 1 heterocycles. The second-order valence-electron chi connectivity index (χ2n) is 2.81. The van der Waals surface area contributed by atoms with E-state index in [0.29, 0.717) is 16.0 Å². The summed E-state index contributed by atoms with van der Waals surface area (Å²) in [6.45, 7) is -0.315. The molecule has 0 aliphatic heterocycles. The Balaban J connectivity index is 2.76. The number of aliphatic hydroxyl groups is 2. The maximum atomic E-state index is 8.84. The number of aliphatic hydroxyl groups excluding tert-OH is 2. The van der Waals surface area contributed by atoms with Crippen molar-refractivity contribution in [1.29, 1.82) is 0 Å². The molecular formula is C8H12BrN3O2. The van der Waals surface area contributed by atoms with Gasteiger partial charge in [0.15, 0.2) is 0 Å². The lowest BCUT2D eigenvalue weighted by Crippen LogP contribution is -2.28. The third kappa shape index (κ3) is 2.83. The molecular weight excluding hydrogens is 250 g/mol. The number of nitrogens with zero attached hydrogens (tertiary/aromatic N) is 1. The van der Waals surface area contributed by atoms with E-state index < -0.39 is 6.04 Å². The summed E-state index contributed by atoms with van der Waals surface area (Å²) in [5.74, 6) is 0.548. The summed E-state index contributed by atoms with van der Waals surface area (Å²) < 4.78 is 0.699. The Morgan fingerprint density at radius 2 is 2.14 bits per heavy atom. The summed E-state index contributed by atoms with van der Waals surface area (Å²) in [4.78, 5) is 4.01. The number of pyridine rings is 1. The third-order valence-corrected chi connectivity index (χ3v) is 2.25. The average Bonchev–Trinajstić information content (AvgIpc) is 2.17. The van der Waals surface area contributed by atoms with E-state index in [-0.39, 0.29) is 13.2 Å². The second kappa shape index (κ2) is 5.14. The van der Waals surface area contributed by atoms with Gasteiger partial charge in [-0.15, -0.1) is 0 Å². The Hall–Kier alpha value is -0.850. The molecule has 6 heteroatoms. The molecule has 0 atom stereocenters. The average molecular weight is 262 g/mol. The van der Waals surface area contributed by atoms with Crippen LogP contribution < -0.4 is 11.1 Å². The van der Waals surface area contributed by atoms with Gasteiger partial charge in [-0.2, -0.15) is 0 Å². The zero-order valence-electron chi connectivity index (χ0n) is 7.44. The Labute approximate surface area is 90.1 Å². The molecule has 0 aromatic carbocycles. The number of aromatic nitrogens is 1. The molecule has 0 spiro atoms. The van der Waals surface area contributed by atoms with Crippen molar-refractivity contribution in [3.63, 3.8) is 0 Å². The summed E-state index contributed by atoms with van der Waals surface area (Å²) >= 11 is 3.27. The first-order valence-electron chi connectivity index (χ1n) is 4.06. The van der Waals surface area contributed by atoms with Crippen LogP contribution in [0.5, 0.6) is 0 Å². The zero-order chi connectivity index (χ0) is 10.6. The number of hydrogen-bond donors (Lipinski definition) is 4. The molecule has 0 saturated carbocycles. The molecule has 0 aliphatic rings. The maximum absolute atomic E-state index is 8.84. The Bertz CT molecular complexity index is 305. The van der Waals surface area contributed by atoms with Crippen LogP contribution in [0.1, 0.15) is 0 Å². The molecule has 1 rings (SSSR count). The lowest BCUT2D eigenvalue weighted by atomic mass is 10.3. The van der Waals surface area contributed by atoms with Crippen LogP contribution in [0.15, 0.2) is 16.7 Å². The standard InChI is InChI=1S/C8H12BrN3O2/c9-7-1-5(10)2-11-8(7)12-6(3-13)4-14/h1-2,6,13-14H,3-4,10H2,(H,11,12). The fourth-order valence-corrected chi connectivity index (χ4v) is 1.38. The first kappa shape index (κ1) is 11.2. The molecule has 14 heavy (non-hydrogen) atoms. The van der Waals surface area contributed by atoms with Crippen molar-refractivity contribution < 1.29 is 10.2 Å². The zero-order valence-corrected chi connectivity index (χ0v) is 9.03. The number of anilines is 2. The lowest BCUT2D eigenvalue weighted by Gasteiger charge is -2.14. The van der Waals surface area contributed by atoms with Crippen LogP contribution in [0.4, 0.5) is 11.5 Å². The van der Waals surface area contributed by atoms with Gasteiger partial charge >= 0.3 is 0 Å². The van der Waals surface area contributed by atoms with Crippen molar-refractivity contribution in [2.24, 2.45) is 0 Å². The molecule has 0 unspecified atom stereocenters. The van der Waals surface area contributed by atoms with E-state index in [1.54, 1.807) is 6.07 Å². The molecule has 1 aromatic heterocycles. The van der Waals surface area contributed by atoms with Crippen LogP contribution in [-0.4, -0.2) is 34.5 Å². The topological polar surface area (TPSA) is 91.4 Å². The summed E-state index contributed by atoms with van der Waals surface area (Å²) in [5.41, 5.74) is 6.05. The minimum atomic E-state index is -0.414. The van der Waals surface area contributed by atoms with Gasteiger partial charge < -0.3 is 21.3 Å². The van der Waals surface area contributed by atoms with E-state index in [2.05, 4.69) is 26.2 Å². The number of nitrogens with one attached hydrogen (secondary N) is 1. The predicted molar refractivity (Wildman–Crippen MR) is 57.9 cm³/mol. The highest BCUT2D eigenvalue weighted by molar-refractivity contribution is 9.10. The molecule has 1 aromatic rings. The molecule has 78 valence electrons. The quantitative estimate of drug-likeness (QED) is 0.621. The molecule has 0 bridgehead atoms. The van der Waals surface area contributed by atoms with E-state index >= 15 is 0 Å². The van der Waals surface area contributed by atoms with Crippen LogP contribution in [0, 0.1) is 0 Å². The van der Waals surface area contributed by atoms with Crippen LogP contribution in [0.25, 0.3) is 0 Å². The monoisotopic (exact) mass is 261 g/mol. The minimum Gasteiger partial charge on any atom is -0.397 e. The summed E-state index contributed by atoms with van der Waals surface area (Å²) in [6.07, 6.45) is 1.50. The highest BCUT2D eigenvalue weighted by Gasteiger charge is 2.08. The van der Waals surface area contributed by atoms with Gasteiger partial charge in [0.1, 0.15) is 5.82 Å². The minimum absolute atomic E-state index is 0.158. The normalized spacial score (nSPS) is 10.6. The van der Waals surface area contributed by atoms with Crippen LogP contribution in [0.3, 0.4) is 0 Å². The van der Waals surface area contributed by atoms with Gasteiger partial charge in [0.05, 0.1) is 35.6 Å². The van der Waals surface area contributed by atoms with E-state index in [9.17, 15) is 0 Å². The Kier molecular flexibility index (Phi) is 4.12. The van der Waals surface area contributed by atoms with E-state index in [1.807, 2.05) is 0 Å². The van der Waals surface area contributed by atoms with Gasteiger partial charge in [0, 0.05) is 0 Å². The number of halogens is 1. The summed E-state index contributed by atoms with van der Waals surface area (Å²) in [6, 6.07) is 1.28. The van der Waals surface area contributed by atoms with Crippen molar-refractivity contribution in [1.82, 2.24) is 4.98 Å². The summed E-state index contributed by atoms with van der Waals surface area (Å²) in [5, 5.41) is 20.5. The van der Waals surface area contributed by atoms with Crippen molar-refractivity contribution >= 4 is 27.4 Å². The fraction of sp³-hybridized carbons (Fsp3) is 0.375. The molecule has 0 radical (unpaired) electrons. The molecule has 0 amide bonds. The van der Waals surface area contributed by atoms with Crippen LogP contribution in [-0.2, 0) is 0 Å². The van der Waals surface area contributed by atoms with Gasteiger partial charge in [0.2, 0.25) is 0 Å². The molecule has 0 aliphatic carbocycles. The Morgan fingerprint density at radius 1 is 1.50 bits per heavy atom. The summed E-state index contributed by atoms with van der Waals surface area (Å²) in [7, 11) is 0. The predicted octanol–water partition coefficient (Wildman–Crippen LogP) is 0.191. The van der Waals surface area contributed by atoms with Gasteiger partial charge in [-0.1, -0.05) is 0 Å². The number of nitrogens with two attached hydrogens (primary N) is 1. The van der Waals surface area contributed by atoms with Crippen molar-refractivity contribution in [2.75, 3.05) is 24.3 Å². The number of nitrogen functional groups attached to an aromatic ring is 1. The van der Waals surface area contributed by atoms with E-state index in [1.165, 1.54) is 6.20 Å². The fourth-order valence-electron chi connectivity index (χ4n) is 0.901. The third-order valence-electron chi connectivity index (χ3n) is 1.64. The smallest absolute Gasteiger partial charge is 0.140 e. The van der Waals surface area contributed by atoms with Gasteiger partial charge in [-0.25, -0.2) is 4.98 Å². The second-order valence-corrected chi connectivity index (χ2v) is 3.66.